The summed E-state index contributed by atoms with van der Waals surface area (Å²) < 4.78 is 37.6. The SMILES string of the molecule is FC(F)(F)c1ccc(CC(CBr)Cc2ccccc2)cc1. The van der Waals surface area contributed by atoms with Gasteiger partial charge >= 0.3 is 6.18 Å². The first-order valence-corrected chi connectivity index (χ1v) is 7.87. The van der Waals surface area contributed by atoms with E-state index in [0.717, 1.165) is 35.9 Å². The molecule has 0 fully saturated rings. The Hall–Kier alpha value is -1.29. The van der Waals surface area contributed by atoms with Gasteiger partial charge in [-0.1, -0.05) is 58.4 Å². The standard InChI is InChI=1S/C17H16BrF3/c18-12-15(10-13-4-2-1-3-5-13)11-14-6-8-16(9-7-14)17(19,20)21/h1-9,15H,10-12H2. The van der Waals surface area contributed by atoms with Crippen molar-refractivity contribution in [1.29, 1.82) is 0 Å². The summed E-state index contributed by atoms with van der Waals surface area (Å²) in [6.07, 6.45) is -2.59. The highest BCUT2D eigenvalue weighted by Gasteiger charge is 2.29. The molecule has 2 aromatic carbocycles. The van der Waals surface area contributed by atoms with Gasteiger partial charge in [0.05, 0.1) is 5.56 Å². The van der Waals surface area contributed by atoms with Crippen LogP contribution in [-0.4, -0.2) is 5.33 Å². The lowest BCUT2D eigenvalue weighted by Gasteiger charge is -2.15. The van der Waals surface area contributed by atoms with Crippen molar-refractivity contribution in [3.8, 4) is 0 Å². The highest BCUT2D eigenvalue weighted by Crippen LogP contribution is 2.29. The Morgan fingerprint density at radius 2 is 1.33 bits per heavy atom. The number of hydrogen-bond donors (Lipinski definition) is 0. The quantitative estimate of drug-likeness (QED) is 0.620. The van der Waals surface area contributed by atoms with E-state index in [1.54, 1.807) is 12.1 Å². The van der Waals surface area contributed by atoms with Crippen LogP contribution in [0.25, 0.3) is 0 Å². The van der Waals surface area contributed by atoms with Gasteiger partial charge in [0.15, 0.2) is 0 Å². The lowest BCUT2D eigenvalue weighted by Crippen LogP contribution is -2.10. The van der Waals surface area contributed by atoms with E-state index in [9.17, 15) is 13.2 Å². The third-order valence-electron chi connectivity index (χ3n) is 3.39. The molecule has 0 spiro atoms. The van der Waals surface area contributed by atoms with Gasteiger partial charge in [-0.2, -0.15) is 13.2 Å². The Balaban J connectivity index is 2.02. The fourth-order valence-corrected chi connectivity index (χ4v) is 2.75. The second kappa shape index (κ2) is 7.12. The van der Waals surface area contributed by atoms with Crippen LogP contribution in [0.3, 0.4) is 0 Å². The minimum Gasteiger partial charge on any atom is -0.166 e. The monoisotopic (exact) mass is 356 g/mol. The van der Waals surface area contributed by atoms with Crippen molar-refractivity contribution in [2.45, 2.75) is 19.0 Å². The molecule has 112 valence electrons. The Morgan fingerprint density at radius 3 is 1.81 bits per heavy atom. The van der Waals surface area contributed by atoms with Crippen molar-refractivity contribution >= 4 is 15.9 Å². The minimum atomic E-state index is -4.27. The zero-order valence-electron chi connectivity index (χ0n) is 11.4. The molecule has 0 radical (unpaired) electrons. The van der Waals surface area contributed by atoms with Crippen LogP contribution < -0.4 is 0 Å². The van der Waals surface area contributed by atoms with Gasteiger partial charge in [-0.3, -0.25) is 0 Å². The highest BCUT2D eigenvalue weighted by atomic mass is 79.9. The fraction of sp³-hybridized carbons (Fsp3) is 0.294. The molecule has 0 aliphatic rings. The van der Waals surface area contributed by atoms with Crippen molar-refractivity contribution in [3.63, 3.8) is 0 Å². The molecule has 0 saturated heterocycles. The van der Waals surface area contributed by atoms with Gasteiger partial charge in [-0.05, 0) is 42.0 Å². The Bertz CT molecular complexity index is 546. The summed E-state index contributed by atoms with van der Waals surface area (Å²) in [5, 5.41) is 0.822. The van der Waals surface area contributed by atoms with Crippen molar-refractivity contribution < 1.29 is 13.2 Å². The predicted octanol–water partition coefficient (Wildman–Crippen LogP) is 5.50. The van der Waals surface area contributed by atoms with Crippen LogP contribution in [0.15, 0.2) is 54.6 Å². The predicted molar refractivity (Wildman–Crippen MR) is 82.6 cm³/mol. The van der Waals surface area contributed by atoms with E-state index in [2.05, 4.69) is 28.1 Å². The molecular weight excluding hydrogens is 341 g/mol. The molecule has 0 aromatic heterocycles. The second-order valence-electron chi connectivity index (χ2n) is 5.11. The normalized spacial score (nSPS) is 13.1. The molecule has 21 heavy (non-hydrogen) atoms. The van der Waals surface area contributed by atoms with E-state index in [1.807, 2.05) is 18.2 Å². The summed E-state index contributed by atoms with van der Waals surface area (Å²) in [5.41, 5.74) is 1.59. The second-order valence-corrected chi connectivity index (χ2v) is 5.76. The summed E-state index contributed by atoms with van der Waals surface area (Å²) in [6, 6.07) is 15.6. The Kier molecular flexibility index (Phi) is 5.45. The van der Waals surface area contributed by atoms with Gasteiger partial charge in [0.2, 0.25) is 0 Å². The number of hydrogen-bond acceptors (Lipinski definition) is 0. The van der Waals surface area contributed by atoms with Gasteiger partial charge in [-0.15, -0.1) is 0 Å². The lowest BCUT2D eigenvalue weighted by atomic mass is 9.94. The van der Waals surface area contributed by atoms with Gasteiger partial charge in [0.25, 0.3) is 0 Å². The Labute approximate surface area is 131 Å². The molecule has 2 rings (SSSR count). The number of rotatable bonds is 5. The molecule has 2 aromatic rings. The van der Waals surface area contributed by atoms with E-state index < -0.39 is 11.7 Å². The number of benzene rings is 2. The molecular formula is C17H16BrF3. The van der Waals surface area contributed by atoms with E-state index >= 15 is 0 Å². The Morgan fingerprint density at radius 1 is 0.810 bits per heavy atom. The molecule has 0 nitrogen and oxygen atoms in total. The fourth-order valence-electron chi connectivity index (χ4n) is 2.29. The van der Waals surface area contributed by atoms with E-state index in [1.165, 1.54) is 5.56 Å². The maximum Gasteiger partial charge on any atom is 0.416 e. The van der Waals surface area contributed by atoms with E-state index in [4.69, 9.17) is 0 Å². The number of alkyl halides is 4. The first-order valence-electron chi connectivity index (χ1n) is 6.75. The first kappa shape index (κ1) is 16.1. The maximum atomic E-state index is 12.5. The summed E-state index contributed by atoms with van der Waals surface area (Å²) >= 11 is 3.50. The molecule has 1 unspecified atom stereocenters. The topological polar surface area (TPSA) is 0 Å². The van der Waals surface area contributed by atoms with Crippen LogP contribution in [0.4, 0.5) is 13.2 Å². The van der Waals surface area contributed by atoms with E-state index in [-0.39, 0.29) is 0 Å². The molecule has 4 heteroatoms. The third-order valence-corrected chi connectivity index (χ3v) is 4.31. The molecule has 0 amide bonds. The summed E-state index contributed by atoms with van der Waals surface area (Å²) in [7, 11) is 0. The summed E-state index contributed by atoms with van der Waals surface area (Å²) in [5.74, 6) is 0.365. The molecule has 0 aliphatic carbocycles. The van der Waals surface area contributed by atoms with Gasteiger partial charge in [-0.25, -0.2) is 0 Å². The zero-order chi connectivity index (χ0) is 15.3. The lowest BCUT2D eigenvalue weighted by molar-refractivity contribution is -0.137. The van der Waals surface area contributed by atoms with E-state index in [0.29, 0.717) is 5.92 Å². The van der Waals surface area contributed by atoms with Crippen LogP contribution in [0.1, 0.15) is 16.7 Å². The molecule has 1 atom stereocenters. The van der Waals surface area contributed by atoms with Crippen LogP contribution in [0, 0.1) is 5.92 Å². The molecule has 0 N–H and O–H groups in total. The van der Waals surface area contributed by atoms with Crippen LogP contribution in [0.5, 0.6) is 0 Å². The molecule has 0 saturated carbocycles. The van der Waals surface area contributed by atoms with Gasteiger partial charge < -0.3 is 0 Å². The first-order chi connectivity index (χ1) is 9.99. The van der Waals surface area contributed by atoms with Crippen molar-refractivity contribution in [2.24, 2.45) is 5.92 Å². The van der Waals surface area contributed by atoms with Crippen LogP contribution in [-0.2, 0) is 19.0 Å². The highest BCUT2D eigenvalue weighted by molar-refractivity contribution is 9.09. The number of halogens is 4. The average Bonchev–Trinajstić information content (AvgIpc) is 2.47. The van der Waals surface area contributed by atoms with Crippen LogP contribution >= 0.6 is 15.9 Å². The smallest absolute Gasteiger partial charge is 0.166 e. The summed E-state index contributed by atoms with van der Waals surface area (Å²) in [6.45, 7) is 0. The largest absolute Gasteiger partial charge is 0.416 e. The van der Waals surface area contributed by atoms with Crippen LogP contribution in [0.2, 0.25) is 0 Å². The molecule has 0 aliphatic heterocycles. The molecule has 0 heterocycles. The summed E-state index contributed by atoms with van der Waals surface area (Å²) in [4.78, 5) is 0. The zero-order valence-corrected chi connectivity index (χ0v) is 13.0. The van der Waals surface area contributed by atoms with Crippen molar-refractivity contribution in [2.75, 3.05) is 5.33 Å². The van der Waals surface area contributed by atoms with Gasteiger partial charge in [0, 0.05) is 5.33 Å². The maximum absolute atomic E-state index is 12.5. The van der Waals surface area contributed by atoms with Crippen molar-refractivity contribution in [3.05, 3.63) is 71.3 Å². The van der Waals surface area contributed by atoms with Gasteiger partial charge in [0.1, 0.15) is 0 Å². The minimum absolute atomic E-state index is 0.365. The molecule has 0 bridgehead atoms. The average molecular weight is 357 g/mol. The third kappa shape index (κ3) is 4.88. The van der Waals surface area contributed by atoms with Crippen molar-refractivity contribution in [1.82, 2.24) is 0 Å².